The number of ether oxygens (including phenoxy) is 2. The monoisotopic (exact) mass is 569 g/mol. The highest BCUT2D eigenvalue weighted by Gasteiger charge is 2.44. The normalized spacial score (nSPS) is 18.9. The Hall–Kier alpha value is -4.60. The second-order valence-electron chi connectivity index (χ2n) is 10.5. The summed E-state index contributed by atoms with van der Waals surface area (Å²) in [4.78, 5) is 39.3. The van der Waals surface area contributed by atoms with E-state index < -0.39 is 11.9 Å². The summed E-state index contributed by atoms with van der Waals surface area (Å²) >= 11 is 0. The number of benzene rings is 2. The van der Waals surface area contributed by atoms with Crippen LogP contribution in [0.1, 0.15) is 82.4 Å². The van der Waals surface area contributed by atoms with E-state index in [1.165, 1.54) is 10.6 Å². The number of carbonyl (C=O) groups excluding carboxylic acids is 3. The molecule has 3 aromatic rings. The average Bonchev–Trinajstić information content (AvgIpc) is 3.58. The molecule has 0 N–H and O–H groups in total. The number of nitrogens with zero attached hydrogens (tertiary/aromatic N) is 5. The van der Waals surface area contributed by atoms with Crippen molar-refractivity contribution in [1.82, 2.24) is 20.0 Å². The van der Waals surface area contributed by atoms with Crippen molar-refractivity contribution in [3.63, 3.8) is 0 Å². The van der Waals surface area contributed by atoms with Gasteiger partial charge >= 0.3 is 11.9 Å². The number of carbonyl (C=O) groups is 3. The van der Waals surface area contributed by atoms with Gasteiger partial charge in [-0.1, -0.05) is 64.9 Å². The number of esters is 2. The van der Waals surface area contributed by atoms with Gasteiger partial charge < -0.3 is 9.47 Å². The van der Waals surface area contributed by atoms with Crippen LogP contribution in [0.4, 0.5) is 0 Å². The zero-order valence-electron chi connectivity index (χ0n) is 24.4. The van der Waals surface area contributed by atoms with Gasteiger partial charge in [-0.25, -0.2) is 19.3 Å². The summed E-state index contributed by atoms with van der Waals surface area (Å²) in [7, 11) is 0. The fourth-order valence-corrected chi connectivity index (χ4v) is 5.53. The topological polar surface area (TPSA) is 116 Å². The summed E-state index contributed by atoms with van der Waals surface area (Å²) < 4.78 is 11.3. The van der Waals surface area contributed by atoms with Gasteiger partial charge in [-0.2, -0.15) is 5.10 Å². The molecule has 1 aliphatic heterocycles. The second-order valence-corrected chi connectivity index (χ2v) is 10.5. The molecule has 10 nitrogen and oxygen atoms in total. The van der Waals surface area contributed by atoms with Crippen molar-refractivity contribution >= 4 is 29.6 Å². The van der Waals surface area contributed by atoms with E-state index in [0.29, 0.717) is 0 Å². The minimum Gasteiger partial charge on any atom is -0.461 e. The average molecular weight is 570 g/mol. The van der Waals surface area contributed by atoms with Crippen LogP contribution in [0, 0.1) is 19.8 Å². The summed E-state index contributed by atoms with van der Waals surface area (Å²) in [5.41, 5.74) is 5.87. The molecule has 0 radical (unpaired) electrons. The number of hydrazone groups is 1. The van der Waals surface area contributed by atoms with E-state index in [9.17, 15) is 14.4 Å². The minimum absolute atomic E-state index is 0.0115. The predicted octanol–water partition coefficient (Wildman–Crippen LogP) is 5.07. The molecule has 218 valence electrons. The Morgan fingerprint density at radius 1 is 0.929 bits per heavy atom. The largest absolute Gasteiger partial charge is 0.461 e. The Kier molecular flexibility index (Phi) is 8.61. The number of aryl methyl sites for hydroxylation is 2. The third-order valence-electron chi connectivity index (χ3n) is 7.55. The summed E-state index contributed by atoms with van der Waals surface area (Å²) in [6.07, 6.45) is 4.89. The Bertz CT molecular complexity index is 1540. The third kappa shape index (κ3) is 5.88. The van der Waals surface area contributed by atoms with Crippen LogP contribution in [-0.2, 0) is 20.8 Å². The van der Waals surface area contributed by atoms with E-state index in [1.807, 2.05) is 31.2 Å². The molecule has 1 saturated carbocycles. The number of hydrogen-bond donors (Lipinski definition) is 0. The number of hydrogen-bond acceptors (Lipinski definition) is 8. The molecule has 1 fully saturated rings. The summed E-state index contributed by atoms with van der Waals surface area (Å²) in [6.45, 7) is 7.19. The van der Waals surface area contributed by atoms with Gasteiger partial charge in [-0.05, 0) is 69.7 Å². The van der Waals surface area contributed by atoms with E-state index in [4.69, 9.17) is 14.6 Å². The molecule has 2 aromatic carbocycles. The molecule has 0 bridgehead atoms. The Morgan fingerprint density at radius 2 is 1.57 bits per heavy atom. The molecular weight excluding hydrogens is 534 g/mol. The number of rotatable bonds is 8. The maximum absolute atomic E-state index is 14.0. The van der Waals surface area contributed by atoms with Crippen LogP contribution in [-0.4, -0.2) is 56.8 Å². The van der Waals surface area contributed by atoms with Crippen LogP contribution in [0.5, 0.6) is 0 Å². The van der Waals surface area contributed by atoms with Crippen molar-refractivity contribution in [3.05, 3.63) is 87.7 Å². The molecule has 2 aliphatic rings. The lowest BCUT2D eigenvalue weighted by atomic mass is 9.77. The minimum atomic E-state index is -0.810. The molecule has 2 atom stereocenters. The molecule has 42 heavy (non-hydrogen) atoms. The molecule has 1 amide bonds. The summed E-state index contributed by atoms with van der Waals surface area (Å²) in [5.74, 6) is -1.99. The van der Waals surface area contributed by atoms with Gasteiger partial charge in [0.2, 0.25) is 5.69 Å². The highest BCUT2D eigenvalue weighted by Crippen LogP contribution is 2.44. The smallest absolute Gasteiger partial charge is 0.361 e. The molecule has 5 rings (SSSR count). The van der Waals surface area contributed by atoms with Crippen LogP contribution in [0.25, 0.3) is 6.08 Å². The number of allylic oxidation sites excluding steroid dienone is 1. The first kappa shape index (κ1) is 28.9. The van der Waals surface area contributed by atoms with Crippen molar-refractivity contribution < 1.29 is 23.9 Å². The van der Waals surface area contributed by atoms with Crippen molar-refractivity contribution in [1.29, 1.82) is 0 Å². The van der Waals surface area contributed by atoms with E-state index >= 15 is 0 Å². The molecule has 0 spiro atoms. The highest BCUT2D eigenvalue weighted by atomic mass is 16.5. The van der Waals surface area contributed by atoms with Crippen LogP contribution < -0.4 is 0 Å². The summed E-state index contributed by atoms with van der Waals surface area (Å²) in [6, 6.07) is 16.1. The predicted molar refractivity (Wildman–Crippen MR) is 157 cm³/mol. The van der Waals surface area contributed by atoms with E-state index in [0.717, 1.165) is 51.9 Å². The van der Waals surface area contributed by atoms with E-state index in [2.05, 4.69) is 47.6 Å². The Labute approximate surface area is 245 Å². The first-order chi connectivity index (χ1) is 20.3. The van der Waals surface area contributed by atoms with Gasteiger partial charge in [-0.3, -0.25) is 4.79 Å². The van der Waals surface area contributed by atoms with Crippen molar-refractivity contribution in [2.24, 2.45) is 11.0 Å². The van der Waals surface area contributed by atoms with Crippen molar-refractivity contribution in [3.8, 4) is 0 Å². The lowest BCUT2D eigenvalue weighted by Crippen LogP contribution is -2.34. The molecular formula is C32H35N5O5. The van der Waals surface area contributed by atoms with Crippen LogP contribution >= 0.6 is 0 Å². The SMILES string of the molecule is CCOC(=O)c1nnn(CC(=O)N2N=C3/C(=C\c4ccc(C)cc4)CCC[C@@H]3[C@@H]2c2ccc(C)cc2)c1C(=O)OCC. The number of aromatic nitrogens is 3. The molecule has 0 unspecified atom stereocenters. The maximum atomic E-state index is 14.0. The molecule has 1 aliphatic carbocycles. The second kappa shape index (κ2) is 12.5. The molecule has 0 saturated heterocycles. The lowest BCUT2D eigenvalue weighted by Gasteiger charge is -2.29. The first-order valence-electron chi connectivity index (χ1n) is 14.3. The van der Waals surface area contributed by atoms with Crippen molar-refractivity contribution in [2.45, 2.75) is 59.5 Å². The standard InChI is InChI=1S/C32H35N5O5/c1-5-41-31(39)28-30(32(40)42-6-2)36(35-33-28)19-26(38)37-29(23-16-12-21(4)13-17-23)25-9-7-8-24(27(25)34-37)18-22-14-10-20(3)11-15-22/h10-18,25,29H,5-9,19H2,1-4H3/b24-18-/t25-,29-/m0/s1. The van der Waals surface area contributed by atoms with Gasteiger partial charge in [-0.15, -0.1) is 5.10 Å². The molecule has 1 aromatic heterocycles. The van der Waals surface area contributed by atoms with Gasteiger partial charge in [0.25, 0.3) is 5.91 Å². The Morgan fingerprint density at radius 3 is 2.24 bits per heavy atom. The fourth-order valence-electron chi connectivity index (χ4n) is 5.53. The zero-order valence-corrected chi connectivity index (χ0v) is 24.4. The third-order valence-corrected chi connectivity index (χ3v) is 7.55. The first-order valence-corrected chi connectivity index (χ1v) is 14.3. The van der Waals surface area contributed by atoms with Gasteiger partial charge in [0, 0.05) is 5.92 Å². The maximum Gasteiger partial charge on any atom is 0.361 e. The zero-order chi connectivity index (χ0) is 29.8. The van der Waals surface area contributed by atoms with Crippen molar-refractivity contribution in [2.75, 3.05) is 13.2 Å². The van der Waals surface area contributed by atoms with Crippen LogP contribution in [0.15, 0.2) is 59.2 Å². The molecule has 2 heterocycles. The fraction of sp³-hybridized carbons (Fsp3) is 0.375. The van der Waals surface area contributed by atoms with Crippen LogP contribution in [0.2, 0.25) is 0 Å². The van der Waals surface area contributed by atoms with Gasteiger partial charge in [0.1, 0.15) is 6.54 Å². The van der Waals surface area contributed by atoms with Crippen LogP contribution in [0.3, 0.4) is 0 Å². The number of amides is 1. The highest BCUT2D eigenvalue weighted by molar-refractivity contribution is 6.08. The molecule has 10 heteroatoms. The Balaban J connectivity index is 1.52. The van der Waals surface area contributed by atoms with Gasteiger partial charge in [0.15, 0.2) is 5.69 Å². The quantitative estimate of drug-likeness (QED) is 0.348. The lowest BCUT2D eigenvalue weighted by molar-refractivity contribution is -0.134. The van der Waals surface area contributed by atoms with E-state index in [-0.39, 0.29) is 49.0 Å². The van der Waals surface area contributed by atoms with E-state index in [1.54, 1.807) is 13.8 Å². The number of fused-ring (bicyclic) bond motifs is 1. The summed E-state index contributed by atoms with van der Waals surface area (Å²) in [5, 5.41) is 14.3. The van der Waals surface area contributed by atoms with Gasteiger partial charge in [0.05, 0.1) is 25.0 Å².